The third kappa shape index (κ3) is 2.20. The standard InChI is InChI=1S/C18H14N2O4/c1-9-4-3-5-12-10(2)16(24-15(9)12)17(21)19-11-6-7-14-13(8-11)20-18(22)23-14/h3-8H,1-2H3,(H,19,21)(H,20,22). The van der Waals surface area contributed by atoms with E-state index in [9.17, 15) is 9.59 Å². The molecule has 6 nitrogen and oxygen atoms in total. The lowest BCUT2D eigenvalue weighted by Gasteiger charge is -2.03. The third-order valence-electron chi connectivity index (χ3n) is 4.04. The van der Waals surface area contributed by atoms with Crippen LogP contribution in [0.2, 0.25) is 0 Å². The topological polar surface area (TPSA) is 88.2 Å². The Balaban J connectivity index is 1.71. The number of fused-ring (bicyclic) bond motifs is 2. The molecule has 0 bridgehead atoms. The highest BCUT2D eigenvalue weighted by atomic mass is 16.4. The van der Waals surface area contributed by atoms with Gasteiger partial charge in [0.1, 0.15) is 5.58 Å². The van der Waals surface area contributed by atoms with Crippen molar-refractivity contribution in [2.75, 3.05) is 5.32 Å². The van der Waals surface area contributed by atoms with Crippen molar-refractivity contribution < 1.29 is 13.6 Å². The number of aromatic amines is 1. The number of H-pyrrole nitrogens is 1. The van der Waals surface area contributed by atoms with Gasteiger partial charge in [0.05, 0.1) is 5.52 Å². The molecule has 120 valence electrons. The van der Waals surface area contributed by atoms with Gasteiger partial charge >= 0.3 is 5.76 Å². The predicted octanol–water partition coefficient (Wildman–Crippen LogP) is 3.74. The number of aromatic nitrogens is 1. The van der Waals surface area contributed by atoms with E-state index in [0.29, 0.717) is 16.8 Å². The lowest BCUT2D eigenvalue weighted by molar-refractivity contribution is 0.0998. The van der Waals surface area contributed by atoms with Crippen LogP contribution in [0.4, 0.5) is 5.69 Å². The van der Waals surface area contributed by atoms with E-state index in [4.69, 9.17) is 8.83 Å². The van der Waals surface area contributed by atoms with Crippen molar-refractivity contribution in [3.8, 4) is 0 Å². The number of furan rings is 1. The zero-order valence-electron chi connectivity index (χ0n) is 13.1. The van der Waals surface area contributed by atoms with Crippen LogP contribution in [0.25, 0.3) is 22.1 Å². The summed E-state index contributed by atoms with van der Waals surface area (Å²) in [7, 11) is 0. The van der Waals surface area contributed by atoms with Crippen LogP contribution >= 0.6 is 0 Å². The van der Waals surface area contributed by atoms with E-state index in [1.807, 2.05) is 32.0 Å². The highest BCUT2D eigenvalue weighted by Gasteiger charge is 2.18. The van der Waals surface area contributed by atoms with Crippen molar-refractivity contribution in [3.63, 3.8) is 0 Å². The fourth-order valence-corrected chi connectivity index (χ4v) is 2.82. The summed E-state index contributed by atoms with van der Waals surface area (Å²) in [5, 5.41) is 3.71. The number of hydrogen-bond donors (Lipinski definition) is 2. The van der Waals surface area contributed by atoms with Crippen LogP contribution in [0.15, 0.2) is 50.0 Å². The SMILES string of the molecule is Cc1c(C(=O)Nc2ccc3oc(=O)[nH]c3c2)oc2c(C)cccc12. The second-order valence-corrected chi connectivity index (χ2v) is 5.69. The number of hydrogen-bond acceptors (Lipinski definition) is 4. The first-order chi connectivity index (χ1) is 11.5. The Bertz CT molecular complexity index is 1150. The number of para-hydroxylation sites is 1. The van der Waals surface area contributed by atoms with Gasteiger partial charge in [-0.3, -0.25) is 9.78 Å². The Labute approximate surface area is 136 Å². The van der Waals surface area contributed by atoms with E-state index in [1.54, 1.807) is 18.2 Å². The number of benzene rings is 2. The van der Waals surface area contributed by atoms with Gasteiger partial charge in [0, 0.05) is 16.6 Å². The van der Waals surface area contributed by atoms with Gasteiger partial charge in [-0.1, -0.05) is 18.2 Å². The minimum absolute atomic E-state index is 0.278. The van der Waals surface area contributed by atoms with Gasteiger partial charge < -0.3 is 14.2 Å². The van der Waals surface area contributed by atoms with E-state index in [-0.39, 0.29) is 11.7 Å². The number of aryl methyl sites for hydroxylation is 2. The molecular weight excluding hydrogens is 308 g/mol. The number of carbonyl (C=O) groups is 1. The molecule has 4 aromatic rings. The molecule has 0 atom stereocenters. The predicted molar refractivity (Wildman–Crippen MR) is 90.5 cm³/mol. The normalized spacial score (nSPS) is 11.2. The maximum Gasteiger partial charge on any atom is 0.417 e. The Morgan fingerprint density at radius 3 is 2.75 bits per heavy atom. The van der Waals surface area contributed by atoms with Crippen LogP contribution < -0.4 is 11.1 Å². The number of rotatable bonds is 2. The number of carbonyl (C=O) groups excluding carboxylic acids is 1. The number of oxazole rings is 1. The second kappa shape index (κ2) is 5.13. The molecule has 2 N–H and O–H groups in total. The first-order valence-corrected chi connectivity index (χ1v) is 7.46. The van der Waals surface area contributed by atoms with E-state index in [0.717, 1.165) is 22.1 Å². The largest absolute Gasteiger partial charge is 0.450 e. The first kappa shape index (κ1) is 14.3. The van der Waals surface area contributed by atoms with E-state index < -0.39 is 5.76 Å². The van der Waals surface area contributed by atoms with Crippen molar-refractivity contribution in [2.24, 2.45) is 0 Å². The summed E-state index contributed by atoms with van der Waals surface area (Å²) in [5.74, 6) is -0.592. The lowest BCUT2D eigenvalue weighted by Crippen LogP contribution is -2.12. The van der Waals surface area contributed by atoms with Gasteiger partial charge in [0.15, 0.2) is 11.3 Å². The first-order valence-electron chi connectivity index (χ1n) is 7.46. The molecule has 24 heavy (non-hydrogen) atoms. The average molecular weight is 322 g/mol. The van der Waals surface area contributed by atoms with Gasteiger partial charge in [-0.05, 0) is 37.6 Å². The molecular formula is C18H14N2O4. The molecule has 2 aromatic carbocycles. The summed E-state index contributed by atoms with van der Waals surface area (Å²) in [6, 6.07) is 10.7. The zero-order valence-corrected chi connectivity index (χ0v) is 13.1. The van der Waals surface area contributed by atoms with Crippen LogP contribution in [-0.2, 0) is 0 Å². The summed E-state index contributed by atoms with van der Waals surface area (Å²) < 4.78 is 10.7. The molecule has 0 saturated heterocycles. The average Bonchev–Trinajstić information content (AvgIpc) is 3.08. The summed E-state index contributed by atoms with van der Waals surface area (Å²) in [6.07, 6.45) is 0. The minimum atomic E-state index is -0.530. The van der Waals surface area contributed by atoms with Crippen molar-refractivity contribution in [1.29, 1.82) is 0 Å². The van der Waals surface area contributed by atoms with Crippen LogP contribution in [0.1, 0.15) is 21.7 Å². The zero-order chi connectivity index (χ0) is 16.8. The van der Waals surface area contributed by atoms with Gasteiger partial charge in [0.25, 0.3) is 5.91 Å². The molecule has 0 spiro atoms. The van der Waals surface area contributed by atoms with E-state index in [2.05, 4.69) is 10.3 Å². The van der Waals surface area contributed by atoms with Crippen molar-refractivity contribution in [3.05, 3.63) is 63.8 Å². The summed E-state index contributed by atoms with van der Waals surface area (Å²) in [4.78, 5) is 26.3. The third-order valence-corrected chi connectivity index (χ3v) is 4.04. The van der Waals surface area contributed by atoms with Crippen molar-refractivity contribution in [1.82, 2.24) is 4.98 Å². The fourth-order valence-electron chi connectivity index (χ4n) is 2.82. The second-order valence-electron chi connectivity index (χ2n) is 5.69. The number of amides is 1. The number of anilines is 1. The lowest BCUT2D eigenvalue weighted by atomic mass is 10.1. The maximum absolute atomic E-state index is 12.6. The van der Waals surface area contributed by atoms with Crippen molar-refractivity contribution in [2.45, 2.75) is 13.8 Å². The minimum Gasteiger partial charge on any atom is -0.450 e. The van der Waals surface area contributed by atoms with Gasteiger partial charge in [-0.25, -0.2) is 4.79 Å². The summed E-state index contributed by atoms with van der Waals surface area (Å²) >= 11 is 0. The maximum atomic E-state index is 12.6. The highest BCUT2D eigenvalue weighted by Crippen LogP contribution is 2.28. The monoisotopic (exact) mass is 322 g/mol. The molecule has 0 aliphatic carbocycles. The fraction of sp³-hybridized carbons (Fsp3) is 0.111. The molecule has 2 aromatic heterocycles. The molecule has 0 aliphatic heterocycles. The Hall–Kier alpha value is -3.28. The highest BCUT2D eigenvalue weighted by molar-refractivity contribution is 6.07. The summed E-state index contributed by atoms with van der Waals surface area (Å²) in [5.41, 5.74) is 4.00. The molecule has 0 radical (unpaired) electrons. The Morgan fingerprint density at radius 1 is 1.12 bits per heavy atom. The quantitative estimate of drug-likeness (QED) is 0.588. The van der Waals surface area contributed by atoms with Crippen LogP contribution in [0.5, 0.6) is 0 Å². The molecule has 1 amide bonds. The van der Waals surface area contributed by atoms with Crippen LogP contribution in [0.3, 0.4) is 0 Å². The number of nitrogens with one attached hydrogen (secondary N) is 2. The van der Waals surface area contributed by atoms with Crippen LogP contribution in [0, 0.1) is 13.8 Å². The van der Waals surface area contributed by atoms with Gasteiger partial charge in [-0.15, -0.1) is 0 Å². The van der Waals surface area contributed by atoms with Crippen molar-refractivity contribution >= 4 is 33.7 Å². The van der Waals surface area contributed by atoms with E-state index in [1.165, 1.54) is 0 Å². The molecule has 0 fully saturated rings. The van der Waals surface area contributed by atoms with Gasteiger partial charge in [-0.2, -0.15) is 0 Å². The van der Waals surface area contributed by atoms with Crippen LogP contribution in [-0.4, -0.2) is 10.9 Å². The smallest absolute Gasteiger partial charge is 0.417 e. The molecule has 0 unspecified atom stereocenters. The Kier molecular flexibility index (Phi) is 3.06. The molecule has 0 saturated carbocycles. The molecule has 2 heterocycles. The summed E-state index contributed by atoms with van der Waals surface area (Å²) in [6.45, 7) is 3.80. The molecule has 0 aliphatic rings. The molecule has 6 heteroatoms. The van der Waals surface area contributed by atoms with Gasteiger partial charge in [0.2, 0.25) is 0 Å². The Morgan fingerprint density at radius 2 is 1.96 bits per heavy atom. The molecule has 4 rings (SSSR count). The van der Waals surface area contributed by atoms with E-state index >= 15 is 0 Å².